The quantitative estimate of drug-likeness (QED) is 0.910. The molecule has 0 bridgehead atoms. The Kier molecular flexibility index (Phi) is 3.57. The van der Waals surface area contributed by atoms with Crippen LogP contribution in [0.1, 0.15) is 11.4 Å². The molecule has 2 aromatic rings. The van der Waals surface area contributed by atoms with Gasteiger partial charge in [-0.05, 0) is 12.1 Å². The Hall–Kier alpha value is -1.51. The van der Waals surface area contributed by atoms with Crippen LogP contribution in [0.5, 0.6) is 0 Å². The third kappa shape index (κ3) is 2.75. The Morgan fingerprint density at radius 3 is 2.63 bits per heavy atom. The number of rotatable bonds is 3. The van der Waals surface area contributed by atoms with Crippen LogP contribution < -0.4 is 5.14 Å². The van der Waals surface area contributed by atoms with E-state index in [0.29, 0.717) is 0 Å². The maximum absolute atomic E-state index is 13.6. The van der Waals surface area contributed by atoms with Gasteiger partial charge in [-0.25, -0.2) is 17.9 Å². The fourth-order valence-electron chi connectivity index (χ4n) is 1.61. The lowest BCUT2D eigenvalue weighted by atomic mass is 10.1. The van der Waals surface area contributed by atoms with Crippen molar-refractivity contribution in [2.45, 2.75) is 11.6 Å². The summed E-state index contributed by atoms with van der Waals surface area (Å²) in [6, 6.07) is 4.28. The molecule has 0 saturated heterocycles. The molecule has 2 rings (SSSR count). The van der Waals surface area contributed by atoms with E-state index in [4.69, 9.17) is 16.7 Å². The minimum Gasteiger partial charge on any atom is -0.304 e. The molecule has 0 radical (unpaired) electrons. The highest BCUT2D eigenvalue weighted by molar-refractivity contribution is 7.89. The molecule has 0 aliphatic heterocycles. The van der Waals surface area contributed by atoms with E-state index < -0.39 is 15.8 Å². The number of nitrogens with zero attached hydrogens (tertiary/aromatic N) is 3. The molecule has 19 heavy (non-hydrogen) atoms. The van der Waals surface area contributed by atoms with Gasteiger partial charge in [0.25, 0.3) is 15.2 Å². The normalized spacial score (nSPS) is 11.8. The zero-order valence-electron chi connectivity index (χ0n) is 9.84. The summed E-state index contributed by atoms with van der Waals surface area (Å²) in [4.78, 5) is 0. The second kappa shape index (κ2) is 4.87. The minimum absolute atomic E-state index is 0.0184. The Bertz CT molecular complexity index is 709. The van der Waals surface area contributed by atoms with Crippen LogP contribution in [-0.4, -0.2) is 23.2 Å². The SMILES string of the molecule is Cn1c(Cc2c(F)cccc2Cl)nnc1S(N)(=O)=O. The largest absolute Gasteiger partial charge is 0.304 e. The van der Waals surface area contributed by atoms with Gasteiger partial charge in [-0.2, -0.15) is 0 Å². The van der Waals surface area contributed by atoms with E-state index >= 15 is 0 Å². The lowest BCUT2D eigenvalue weighted by molar-refractivity contribution is 0.577. The number of halogens is 2. The number of hydrogen-bond acceptors (Lipinski definition) is 4. The number of sulfonamides is 1. The summed E-state index contributed by atoms with van der Waals surface area (Å²) in [5, 5.41) is 12.0. The van der Waals surface area contributed by atoms with E-state index in [0.717, 1.165) is 0 Å². The fraction of sp³-hybridized carbons (Fsp3) is 0.200. The average Bonchev–Trinajstić information content (AvgIpc) is 2.65. The molecular weight excluding hydrogens is 295 g/mol. The smallest absolute Gasteiger partial charge is 0.273 e. The molecule has 1 aromatic carbocycles. The summed E-state index contributed by atoms with van der Waals surface area (Å²) >= 11 is 5.89. The Balaban J connectivity index is 2.43. The van der Waals surface area contributed by atoms with Gasteiger partial charge >= 0.3 is 0 Å². The van der Waals surface area contributed by atoms with E-state index in [1.807, 2.05) is 0 Å². The number of nitrogens with two attached hydrogens (primary N) is 1. The Morgan fingerprint density at radius 2 is 2.11 bits per heavy atom. The summed E-state index contributed by atoms with van der Waals surface area (Å²) in [6.07, 6.45) is 0.0184. The van der Waals surface area contributed by atoms with E-state index in [1.54, 1.807) is 0 Å². The number of aromatic nitrogens is 3. The van der Waals surface area contributed by atoms with Crippen molar-refractivity contribution in [2.75, 3.05) is 0 Å². The van der Waals surface area contributed by atoms with Gasteiger partial charge < -0.3 is 4.57 Å². The van der Waals surface area contributed by atoms with Crippen LogP contribution in [0.3, 0.4) is 0 Å². The Labute approximate surface area is 114 Å². The predicted octanol–water partition coefficient (Wildman–Crippen LogP) is 0.846. The first kappa shape index (κ1) is 13.9. The molecule has 1 heterocycles. The van der Waals surface area contributed by atoms with Crippen LogP contribution in [0.25, 0.3) is 0 Å². The molecule has 9 heteroatoms. The highest BCUT2D eigenvalue weighted by Crippen LogP contribution is 2.22. The van der Waals surface area contributed by atoms with Crippen molar-refractivity contribution >= 4 is 21.6 Å². The zero-order valence-corrected chi connectivity index (χ0v) is 11.4. The third-order valence-corrected chi connectivity index (χ3v) is 3.79. The standard InChI is InChI=1S/C10H10ClFN4O2S/c1-16-9(14-15-10(16)19(13,17)18)5-6-7(11)3-2-4-8(6)12/h2-4H,5H2,1H3,(H2,13,17,18). The van der Waals surface area contributed by atoms with E-state index in [2.05, 4.69) is 10.2 Å². The first-order valence-corrected chi connectivity index (χ1v) is 7.07. The number of benzene rings is 1. The van der Waals surface area contributed by atoms with Crippen molar-refractivity contribution in [3.8, 4) is 0 Å². The lowest BCUT2D eigenvalue weighted by Crippen LogP contribution is -2.18. The highest BCUT2D eigenvalue weighted by atomic mass is 35.5. The zero-order chi connectivity index (χ0) is 14.2. The van der Waals surface area contributed by atoms with Crippen molar-refractivity contribution in [3.63, 3.8) is 0 Å². The molecular formula is C10H10ClFN4O2S. The maximum atomic E-state index is 13.6. The maximum Gasteiger partial charge on any atom is 0.273 e. The first-order valence-electron chi connectivity index (χ1n) is 5.14. The van der Waals surface area contributed by atoms with E-state index in [1.165, 1.54) is 29.8 Å². The molecule has 6 nitrogen and oxygen atoms in total. The summed E-state index contributed by atoms with van der Waals surface area (Å²) in [5.41, 5.74) is 0.223. The topological polar surface area (TPSA) is 90.9 Å². The van der Waals surface area contributed by atoms with Crippen LogP contribution in [0.2, 0.25) is 5.02 Å². The summed E-state index contributed by atoms with van der Waals surface area (Å²) in [6.45, 7) is 0. The van der Waals surface area contributed by atoms with Gasteiger partial charge in [0.15, 0.2) is 0 Å². The van der Waals surface area contributed by atoms with Crippen molar-refractivity contribution < 1.29 is 12.8 Å². The molecule has 1 aromatic heterocycles. The van der Waals surface area contributed by atoms with Crippen LogP contribution in [0.15, 0.2) is 23.4 Å². The molecule has 0 aliphatic rings. The second-order valence-corrected chi connectivity index (χ2v) is 5.74. The molecule has 0 spiro atoms. The molecule has 0 amide bonds. The van der Waals surface area contributed by atoms with E-state index in [-0.39, 0.29) is 28.0 Å². The predicted molar refractivity (Wildman–Crippen MR) is 66.6 cm³/mol. The molecule has 102 valence electrons. The van der Waals surface area contributed by atoms with Gasteiger partial charge in [-0.3, -0.25) is 0 Å². The summed E-state index contributed by atoms with van der Waals surface area (Å²) in [5.74, 6) is -0.247. The molecule has 0 saturated carbocycles. The van der Waals surface area contributed by atoms with Crippen LogP contribution in [0.4, 0.5) is 4.39 Å². The third-order valence-electron chi connectivity index (χ3n) is 2.58. The van der Waals surface area contributed by atoms with Crippen molar-refractivity contribution in [2.24, 2.45) is 12.2 Å². The minimum atomic E-state index is -3.96. The molecule has 0 aliphatic carbocycles. The monoisotopic (exact) mass is 304 g/mol. The van der Waals surface area contributed by atoms with Gasteiger partial charge in [0.2, 0.25) is 0 Å². The molecule has 0 unspecified atom stereocenters. The van der Waals surface area contributed by atoms with Crippen molar-refractivity contribution in [3.05, 3.63) is 40.4 Å². The highest BCUT2D eigenvalue weighted by Gasteiger charge is 2.20. The number of hydrogen-bond donors (Lipinski definition) is 1. The Morgan fingerprint density at radius 1 is 1.42 bits per heavy atom. The van der Waals surface area contributed by atoms with Gasteiger partial charge in [0, 0.05) is 24.1 Å². The average molecular weight is 305 g/mol. The van der Waals surface area contributed by atoms with Crippen LogP contribution in [-0.2, 0) is 23.5 Å². The van der Waals surface area contributed by atoms with Gasteiger partial charge in [-0.1, -0.05) is 17.7 Å². The second-order valence-electron chi connectivity index (χ2n) is 3.88. The van der Waals surface area contributed by atoms with Gasteiger partial charge in [-0.15, -0.1) is 10.2 Å². The van der Waals surface area contributed by atoms with Crippen LogP contribution >= 0.6 is 11.6 Å². The van der Waals surface area contributed by atoms with E-state index in [9.17, 15) is 12.8 Å². The molecule has 0 atom stereocenters. The summed E-state index contributed by atoms with van der Waals surface area (Å²) in [7, 11) is -2.53. The fourth-order valence-corrected chi connectivity index (χ4v) is 2.48. The van der Waals surface area contributed by atoms with Gasteiger partial charge in [0.1, 0.15) is 11.6 Å². The van der Waals surface area contributed by atoms with Crippen LogP contribution in [0, 0.1) is 5.82 Å². The molecule has 2 N–H and O–H groups in total. The summed E-state index contributed by atoms with van der Waals surface area (Å²) < 4.78 is 37.2. The van der Waals surface area contributed by atoms with Crippen molar-refractivity contribution in [1.82, 2.24) is 14.8 Å². The van der Waals surface area contributed by atoms with Crippen molar-refractivity contribution in [1.29, 1.82) is 0 Å². The molecule has 0 fully saturated rings. The van der Waals surface area contributed by atoms with Gasteiger partial charge in [0.05, 0.1) is 0 Å². The lowest BCUT2D eigenvalue weighted by Gasteiger charge is -2.05. The number of primary sulfonamides is 1. The first-order chi connectivity index (χ1) is 8.80.